The lowest BCUT2D eigenvalue weighted by molar-refractivity contribution is -0.142. The van der Waals surface area contributed by atoms with Gasteiger partial charge in [0.25, 0.3) is 11.8 Å². The molecular formula is C31H38N4O6. The minimum atomic E-state index is -2.10. The van der Waals surface area contributed by atoms with Crippen LogP contribution in [0, 0.1) is 11.8 Å². The van der Waals surface area contributed by atoms with E-state index in [-0.39, 0.29) is 30.7 Å². The zero-order valence-electron chi connectivity index (χ0n) is 23.4. The number of amides is 4. The molecule has 5 N–H and O–H groups in total. The second-order valence-corrected chi connectivity index (χ2v) is 11.3. The molecule has 0 unspecified atom stereocenters. The van der Waals surface area contributed by atoms with Crippen molar-refractivity contribution in [2.75, 3.05) is 6.54 Å². The van der Waals surface area contributed by atoms with E-state index in [2.05, 4.69) is 21.3 Å². The second kappa shape index (κ2) is 13.1. The van der Waals surface area contributed by atoms with Crippen LogP contribution < -0.4 is 21.3 Å². The van der Waals surface area contributed by atoms with Crippen LogP contribution in [-0.4, -0.2) is 59.2 Å². The first-order valence-corrected chi connectivity index (χ1v) is 14.2. The fourth-order valence-corrected chi connectivity index (χ4v) is 5.05. The molecule has 4 amide bonds. The Bertz CT molecular complexity index is 1220. The van der Waals surface area contributed by atoms with Crippen molar-refractivity contribution in [3.8, 4) is 0 Å². The average molecular weight is 563 g/mol. The highest BCUT2D eigenvalue weighted by molar-refractivity contribution is 6.38. The van der Waals surface area contributed by atoms with E-state index in [9.17, 15) is 29.1 Å². The highest BCUT2D eigenvalue weighted by Crippen LogP contribution is 2.30. The first-order valence-electron chi connectivity index (χ1n) is 14.2. The van der Waals surface area contributed by atoms with Crippen molar-refractivity contribution in [1.82, 2.24) is 21.3 Å². The van der Waals surface area contributed by atoms with E-state index in [1.165, 1.54) is 0 Å². The maximum atomic E-state index is 13.8. The Labute approximate surface area is 239 Å². The number of hydrogen-bond donors (Lipinski definition) is 5. The normalized spacial score (nSPS) is 18.2. The monoisotopic (exact) mass is 562 g/mol. The van der Waals surface area contributed by atoms with Gasteiger partial charge in [0.1, 0.15) is 6.04 Å². The molecule has 41 heavy (non-hydrogen) atoms. The minimum Gasteiger partial charge on any atom is -0.372 e. The van der Waals surface area contributed by atoms with Crippen LogP contribution in [0.15, 0.2) is 60.7 Å². The zero-order valence-corrected chi connectivity index (χ0v) is 23.4. The van der Waals surface area contributed by atoms with E-state index < -0.39 is 47.1 Å². The Kier molecular flexibility index (Phi) is 9.54. The van der Waals surface area contributed by atoms with Crippen LogP contribution in [0.25, 0.3) is 0 Å². The number of carbonyl (C=O) groups excluding carboxylic acids is 5. The van der Waals surface area contributed by atoms with Gasteiger partial charge in [-0.1, -0.05) is 74.5 Å². The van der Waals surface area contributed by atoms with Crippen LogP contribution in [0.3, 0.4) is 0 Å². The summed E-state index contributed by atoms with van der Waals surface area (Å²) in [6.45, 7) is 4.21. The lowest BCUT2D eigenvalue weighted by atomic mass is 9.85. The van der Waals surface area contributed by atoms with Crippen LogP contribution in [0.1, 0.15) is 57.1 Å². The van der Waals surface area contributed by atoms with Gasteiger partial charge in [0, 0.05) is 18.5 Å². The lowest BCUT2D eigenvalue weighted by Crippen LogP contribution is -2.57. The van der Waals surface area contributed by atoms with Crippen LogP contribution in [0.4, 0.5) is 0 Å². The summed E-state index contributed by atoms with van der Waals surface area (Å²) in [5.41, 5.74) is -1.45. The summed E-state index contributed by atoms with van der Waals surface area (Å²) in [5.74, 6) is -3.92. The molecule has 1 aliphatic heterocycles. The quantitative estimate of drug-likeness (QED) is 0.232. The van der Waals surface area contributed by atoms with Gasteiger partial charge < -0.3 is 26.4 Å². The number of nitrogens with one attached hydrogen (secondary N) is 4. The SMILES string of the molecule is CC(C)C[C@H](NC(=O)C(O)(c1ccccc1)c1ccccc1)C(=O)N[C@@H](C[C@H]1CCNC1=O)C(=O)C(=O)NC1CC1. The molecule has 0 aromatic heterocycles. The summed E-state index contributed by atoms with van der Waals surface area (Å²) in [5, 5.41) is 22.6. The third kappa shape index (κ3) is 7.38. The third-order valence-corrected chi connectivity index (χ3v) is 7.49. The maximum Gasteiger partial charge on any atom is 0.289 e. The molecule has 0 bridgehead atoms. The number of ketones is 1. The first-order chi connectivity index (χ1) is 19.6. The molecule has 10 nitrogen and oxygen atoms in total. The van der Waals surface area contributed by atoms with E-state index in [1.54, 1.807) is 60.7 Å². The summed E-state index contributed by atoms with van der Waals surface area (Å²) in [7, 11) is 0. The summed E-state index contributed by atoms with van der Waals surface area (Å²) in [6, 6.07) is 14.4. The first kappa shape index (κ1) is 29.9. The lowest BCUT2D eigenvalue weighted by Gasteiger charge is -2.31. The number of aliphatic hydroxyl groups is 1. The minimum absolute atomic E-state index is 0.0329. The largest absolute Gasteiger partial charge is 0.372 e. The Morgan fingerprint density at radius 1 is 0.902 bits per heavy atom. The molecule has 2 aromatic rings. The molecule has 2 fully saturated rings. The van der Waals surface area contributed by atoms with Crippen molar-refractivity contribution in [1.29, 1.82) is 0 Å². The topological polar surface area (TPSA) is 154 Å². The molecule has 0 spiro atoms. The number of hydrogen-bond acceptors (Lipinski definition) is 6. The van der Waals surface area contributed by atoms with Crippen LogP contribution in [0.2, 0.25) is 0 Å². The van der Waals surface area contributed by atoms with Crippen molar-refractivity contribution in [2.45, 2.75) is 69.7 Å². The highest BCUT2D eigenvalue weighted by Gasteiger charge is 2.42. The Morgan fingerprint density at radius 2 is 1.49 bits per heavy atom. The Balaban J connectivity index is 1.58. The van der Waals surface area contributed by atoms with Gasteiger partial charge in [-0.15, -0.1) is 0 Å². The van der Waals surface area contributed by atoms with Crippen molar-refractivity contribution in [3.63, 3.8) is 0 Å². The number of benzene rings is 2. The number of Topliss-reactive ketones (excluding diaryl/α,β-unsaturated/α-hetero) is 1. The fraction of sp³-hybridized carbons (Fsp3) is 0.452. The van der Waals surface area contributed by atoms with Gasteiger partial charge in [0.05, 0.1) is 6.04 Å². The molecule has 1 heterocycles. The molecule has 10 heteroatoms. The molecule has 0 radical (unpaired) electrons. The molecule has 2 aromatic carbocycles. The van der Waals surface area contributed by atoms with E-state index >= 15 is 0 Å². The second-order valence-electron chi connectivity index (χ2n) is 11.3. The van der Waals surface area contributed by atoms with Crippen molar-refractivity contribution >= 4 is 29.4 Å². The molecule has 3 atom stereocenters. The molecule has 218 valence electrons. The maximum absolute atomic E-state index is 13.8. The zero-order chi connectivity index (χ0) is 29.6. The molecule has 1 aliphatic carbocycles. The predicted octanol–water partition coefficient (Wildman–Crippen LogP) is 1.31. The summed E-state index contributed by atoms with van der Waals surface area (Å²) < 4.78 is 0. The van der Waals surface area contributed by atoms with Gasteiger partial charge in [-0.2, -0.15) is 0 Å². The van der Waals surface area contributed by atoms with Gasteiger partial charge in [-0.05, 0) is 49.1 Å². The van der Waals surface area contributed by atoms with Crippen LogP contribution in [-0.2, 0) is 29.6 Å². The predicted molar refractivity (Wildman–Crippen MR) is 151 cm³/mol. The number of rotatable bonds is 13. The van der Waals surface area contributed by atoms with Gasteiger partial charge in [0.2, 0.25) is 17.6 Å². The summed E-state index contributed by atoms with van der Waals surface area (Å²) in [6.07, 6.45) is 2.23. The summed E-state index contributed by atoms with van der Waals surface area (Å²) >= 11 is 0. The molecular weight excluding hydrogens is 524 g/mol. The third-order valence-electron chi connectivity index (χ3n) is 7.49. The average Bonchev–Trinajstić information content (AvgIpc) is 3.70. The van der Waals surface area contributed by atoms with E-state index in [1.807, 2.05) is 13.8 Å². The van der Waals surface area contributed by atoms with Crippen molar-refractivity contribution in [3.05, 3.63) is 71.8 Å². The molecule has 2 aliphatic rings. The van der Waals surface area contributed by atoms with Gasteiger partial charge in [-0.25, -0.2) is 0 Å². The summed E-state index contributed by atoms with van der Waals surface area (Å²) in [4.78, 5) is 65.5. The van der Waals surface area contributed by atoms with Crippen LogP contribution >= 0.6 is 0 Å². The Morgan fingerprint density at radius 3 is 1.98 bits per heavy atom. The fourth-order valence-electron chi connectivity index (χ4n) is 5.05. The van der Waals surface area contributed by atoms with Gasteiger partial charge in [0.15, 0.2) is 5.60 Å². The molecule has 4 rings (SSSR count). The standard InChI is InChI=1S/C31H38N4O6/c1-19(2)17-25(35-30(40)31(41,21-9-5-3-6-10-21)22-11-7-4-8-12-22)28(38)34-24(18-20-15-16-32-27(20)37)26(36)29(39)33-23-13-14-23/h3-12,19-20,23-25,41H,13-18H2,1-2H3,(H,32,37)(H,33,39)(H,34,38)(H,35,40)/t20-,24+,25+/m1/s1. The van der Waals surface area contributed by atoms with E-state index in [0.717, 1.165) is 12.8 Å². The smallest absolute Gasteiger partial charge is 0.289 e. The van der Waals surface area contributed by atoms with Crippen molar-refractivity contribution < 1.29 is 29.1 Å². The number of carbonyl (C=O) groups is 5. The Hall–Kier alpha value is -4.05. The van der Waals surface area contributed by atoms with Gasteiger partial charge >= 0.3 is 0 Å². The van der Waals surface area contributed by atoms with E-state index in [0.29, 0.717) is 24.1 Å². The highest BCUT2D eigenvalue weighted by atomic mass is 16.3. The van der Waals surface area contributed by atoms with Gasteiger partial charge in [-0.3, -0.25) is 24.0 Å². The van der Waals surface area contributed by atoms with Crippen LogP contribution in [0.5, 0.6) is 0 Å². The van der Waals surface area contributed by atoms with E-state index in [4.69, 9.17) is 0 Å². The van der Waals surface area contributed by atoms with Crippen molar-refractivity contribution in [2.24, 2.45) is 11.8 Å². The molecule has 1 saturated carbocycles. The molecule has 1 saturated heterocycles.